The molecule has 0 saturated heterocycles. The third-order valence-corrected chi connectivity index (χ3v) is 1.80. The number of hydrogen-bond donors (Lipinski definition) is 2. The fourth-order valence-corrected chi connectivity index (χ4v) is 1.07. The van der Waals surface area contributed by atoms with Crippen LogP contribution in [0.1, 0.15) is 5.69 Å². The van der Waals surface area contributed by atoms with E-state index in [1.165, 1.54) is 0 Å². The molecule has 0 radical (unpaired) electrons. The molecule has 7 heteroatoms. The Hall–Kier alpha value is -1.79. The second kappa shape index (κ2) is 5.51. The van der Waals surface area contributed by atoms with Crippen molar-refractivity contribution in [1.82, 2.24) is 10.3 Å². The molecule has 0 bridgehead atoms. The van der Waals surface area contributed by atoms with Crippen molar-refractivity contribution >= 4 is 11.7 Å². The van der Waals surface area contributed by atoms with Gasteiger partial charge in [0.25, 0.3) is 0 Å². The first-order chi connectivity index (χ1) is 7.87. The van der Waals surface area contributed by atoms with E-state index in [9.17, 15) is 18.0 Å². The topological polar surface area (TPSA) is 54.0 Å². The van der Waals surface area contributed by atoms with E-state index in [1.54, 1.807) is 30.4 Å². The van der Waals surface area contributed by atoms with Crippen LogP contribution in [0, 0.1) is 6.92 Å². The molecule has 0 aliphatic rings. The van der Waals surface area contributed by atoms with Crippen molar-refractivity contribution in [3.63, 3.8) is 0 Å². The highest BCUT2D eigenvalue weighted by Crippen LogP contribution is 2.12. The number of carbonyl (C=O) groups excluding carboxylic acids is 1. The number of amides is 1. The van der Waals surface area contributed by atoms with Gasteiger partial charge in [-0.1, -0.05) is 6.07 Å². The zero-order chi connectivity index (χ0) is 12.9. The van der Waals surface area contributed by atoms with Crippen LogP contribution in [-0.4, -0.2) is 30.2 Å². The van der Waals surface area contributed by atoms with E-state index >= 15 is 0 Å². The normalized spacial score (nSPS) is 11.1. The molecule has 0 aliphatic heterocycles. The summed E-state index contributed by atoms with van der Waals surface area (Å²) in [5.41, 5.74) is 0.755. The predicted octanol–water partition coefficient (Wildman–Crippen LogP) is 1.48. The van der Waals surface area contributed by atoms with Crippen LogP contribution in [0.15, 0.2) is 18.2 Å². The first-order valence-corrected chi connectivity index (χ1v) is 4.88. The molecule has 1 rings (SSSR count). The Morgan fingerprint density at radius 3 is 2.71 bits per heavy atom. The van der Waals surface area contributed by atoms with Crippen molar-refractivity contribution in [2.24, 2.45) is 0 Å². The van der Waals surface area contributed by atoms with E-state index in [1.807, 2.05) is 0 Å². The maximum Gasteiger partial charge on any atom is 0.405 e. The van der Waals surface area contributed by atoms with E-state index in [4.69, 9.17) is 0 Å². The molecule has 94 valence electrons. The number of rotatable bonds is 4. The van der Waals surface area contributed by atoms with Gasteiger partial charge in [-0.15, -0.1) is 0 Å². The van der Waals surface area contributed by atoms with Crippen molar-refractivity contribution < 1.29 is 18.0 Å². The minimum absolute atomic E-state index is 0.244. The molecule has 17 heavy (non-hydrogen) atoms. The first-order valence-electron chi connectivity index (χ1n) is 4.88. The number of pyridine rings is 1. The molecule has 0 aliphatic carbocycles. The number of hydrogen-bond acceptors (Lipinski definition) is 3. The summed E-state index contributed by atoms with van der Waals surface area (Å²) in [6.45, 7) is 0.205. The first kappa shape index (κ1) is 13.3. The Kier molecular flexibility index (Phi) is 4.30. The minimum Gasteiger partial charge on any atom is -0.361 e. The molecule has 4 nitrogen and oxygen atoms in total. The molecule has 1 aromatic rings. The van der Waals surface area contributed by atoms with Crippen LogP contribution < -0.4 is 10.6 Å². The summed E-state index contributed by atoms with van der Waals surface area (Å²) < 4.78 is 35.4. The Balaban J connectivity index is 2.33. The molecule has 0 saturated carbocycles. The van der Waals surface area contributed by atoms with Crippen molar-refractivity contribution in [1.29, 1.82) is 0 Å². The summed E-state index contributed by atoms with van der Waals surface area (Å²) >= 11 is 0. The van der Waals surface area contributed by atoms with Gasteiger partial charge < -0.3 is 10.6 Å². The summed E-state index contributed by atoms with van der Waals surface area (Å²) in [6.07, 6.45) is -4.39. The van der Waals surface area contributed by atoms with Gasteiger partial charge in [0.1, 0.15) is 12.4 Å². The van der Waals surface area contributed by atoms with Crippen LogP contribution in [0.4, 0.5) is 19.0 Å². The molecular formula is C10H12F3N3O. The molecule has 2 N–H and O–H groups in total. The fourth-order valence-electron chi connectivity index (χ4n) is 1.07. The molecule has 0 fully saturated rings. The molecule has 0 aromatic carbocycles. The zero-order valence-corrected chi connectivity index (χ0v) is 9.14. The largest absolute Gasteiger partial charge is 0.405 e. The van der Waals surface area contributed by atoms with E-state index in [0.29, 0.717) is 5.82 Å². The Morgan fingerprint density at radius 1 is 1.41 bits per heavy atom. The van der Waals surface area contributed by atoms with Crippen LogP contribution in [0.25, 0.3) is 0 Å². The summed E-state index contributed by atoms with van der Waals surface area (Å²) in [6, 6.07) is 5.14. The quantitative estimate of drug-likeness (QED) is 0.847. The third kappa shape index (κ3) is 5.74. The zero-order valence-electron chi connectivity index (χ0n) is 9.14. The van der Waals surface area contributed by atoms with Crippen LogP contribution in [0.3, 0.4) is 0 Å². The van der Waals surface area contributed by atoms with Gasteiger partial charge in [0.2, 0.25) is 5.91 Å². The van der Waals surface area contributed by atoms with Crippen LogP contribution >= 0.6 is 0 Å². The minimum atomic E-state index is -4.39. The molecule has 1 amide bonds. The standard InChI is InChI=1S/C10H12F3N3O/c1-7-3-2-4-8(16-7)14-5-9(17)15-6-10(11,12)13/h2-4H,5-6H2,1H3,(H,14,16)(H,15,17). The second-order valence-corrected chi connectivity index (χ2v) is 3.41. The lowest BCUT2D eigenvalue weighted by Crippen LogP contribution is -2.37. The van der Waals surface area contributed by atoms with Crippen LogP contribution in [-0.2, 0) is 4.79 Å². The van der Waals surface area contributed by atoms with E-state index in [2.05, 4.69) is 10.3 Å². The lowest BCUT2D eigenvalue weighted by atomic mass is 10.4. The number of anilines is 1. The maximum absolute atomic E-state index is 11.8. The average molecular weight is 247 g/mol. The van der Waals surface area contributed by atoms with Crippen molar-refractivity contribution in [3.8, 4) is 0 Å². The van der Waals surface area contributed by atoms with E-state index in [-0.39, 0.29) is 6.54 Å². The lowest BCUT2D eigenvalue weighted by molar-refractivity contribution is -0.137. The van der Waals surface area contributed by atoms with Crippen molar-refractivity contribution in [3.05, 3.63) is 23.9 Å². The van der Waals surface area contributed by atoms with Crippen LogP contribution in [0.2, 0.25) is 0 Å². The Labute approximate surface area is 96.2 Å². The highest BCUT2D eigenvalue weighted by molar-refractivity contribution is 5.80. The predicted molar refractivity (Wildman–Crippen MR) is 56.5 cm³/mol. The summed E-state index contributed by atoms with van der Waals surface area (Å²) in [5, 5.41) is 4.38. The SMILES string of the molecule is Cc1cccc(NCC(=O)NCC(F)(F)F)n1. The lowest BCUT2D eigenvalue weighted by Gasteiger charge is -2.09. The Morgan fingerprint density at radius 2 is 2.12 bits per heavy atom. The van der Waals surface area contributed by atoms with Crippen molar-refractivity contribution in [2.45, 2.75) is 13.1 Å². The van der Waals surface area contributed by atoms with Gasteiger partial charge in [-0.3, -0.25) is 4.79 Å². The van der Waals surface area contributed by atoms with Gasteiger partial charge in [0.15, 0.2) is 0 Å². The van der Waals surface area contributed by atoms with Gasteiger partial charge in [0.05, 0.1) is 6.54 Å². The van der Waals surface area contributed by atoms with E-state index in [0.717, 1.165) is 5.69 Å². The summed E-state index contributed by atoms with van der Waals surface area (Å²) in [4.78, 5) is 15.1. The molecule has 0 spiro atoms. The number of aromatic nitrogens is 1. The molecule has 0 atom stereocenters. The monoisotopic (exact) mass is 247 g/mol. The van der Waals surface area contributed by atoms with Crippen molar-refractivity contribution in [2.75, 3.05) is 18.4 Å². The molecule has 1 heterocycles. The summed E-state index contributed by atoms with van der Waals surface area (Å²) in [5.74, 6) is -0.280. The van der Waals surface area contributed by atoms with Gasteiger partial charge >= 0.3 is 6.18 Å². The number of aryl methyl sites for hydroxylation is 1. The van der Waals surface area contributed by atoms with Gasteiger partial charge in [-0.2, -0.15) is 13.2 Å². The summed E-state index contributed by atoms with van der Waals surface area (Å²) in [7, 11) is 0. The molecule has 1 aromatic heterocycles. The number of carbonyl (C=O) groups is 1. The molecular weight excluding hydrogens is 235 g/mol. The highest BCUT2D eigenvalue weighted by atomic mass is 19.4. The number of nitrogens with one attached hydrogen (secondary N) is 2. The highest BCUT2D eigenvalue weighted by Gasteiger charge is 2.27. The number of nitrogens with zero attached hydrogens (tertiary/aromatic N) is 1. The maximum atomic E-state index is 11.8. The van der Waals surface area contributed by atoms with Crippen LogP contribution in [0.5, 0.6) is 0 Å². The van der Waals surface area contributed by atoms with E-state index < -0.39 is 18.6 Å². The second-order valence-electron chi connectivity index (χ2n) is 3.41. The number of halogens is 3. The smallest absolute Gasteiger partial charge is 0.361 e. The third-order valence-electron chi connectivity index (χ3n) is 1.80. The van der Waals surface area contributed by atoms with Gasteiger partial charge in [-0.25, -0.2) is 4.98 Å². The van der Waals surface area contributed by atoms with Gasteiger partial charge in [-0.05, 0) is 19.1 Å². The Bertz CT molecular complexity index is 393. The van der Waals surface area contributed by atoms with Gasteiger partial charge in [0, 0.05) is 5.69 Å². The average Bonchev–Trinajstić information content (AvgIpc) is 2.23. The number of alkyl halides is 3. The molecule has 0 unspecified atom stereocenters. The fraction of sp³-hybridized carbons (Fsp3) is 0.400.